The Bertz CT molecular complexity index is 1850. The molecular formula is C31H35BrClN8O2P. The molecule has 0 spiro atoms. The number of hydrogen-bond donors (Lipinski definition) is 3. The van der Waals surface area contributed by atoms with Gasteiger partial charge in [-0.05, 0) is 52.2 Å². The Hall–Kier alpha value is -3.63. The van der Waals surface area contributed by atoms with Crippen LogP contribution < -0.4 is 30.9 Å². The van der Waals surface area contributed by atoms with Gasteiger partial charge in [-0.25, -0.2) is 4.98 Å². The van der Waals surface area contributed by atoms with Crippen LogP contribution in [-0.2, 0) is 11.6 Å². The maximum Gasteiger partial charge on any atom is 0.229 e. The molecule has 0 radical (unpaired) electrons. The third-order valence-corrected chi connectivity index (χ3v) is 9.61. The normalized spacial score (nSPS) is 13.4. The van der Waals surface area contributed by atoms with E-state index in [9.17, 15) is 4.57 Å². The smallest absolute Gasteiger partial charge is 0.229 e. The topological polar surface area (TPSA) is 109 Å². The standard InChI is InChI=1S/C31H34BrN8O2P.ClH/c1-39-19-21(17-35-39)23-15-26(28(42-2)16-27(23)40-13-11-33-12-14-40)37-31-34-18-24(32)30(38-31)36-25-10-9-20-7-5-6-8-22(20)29(25)43(3,4)41;/h5-10,15-19,33H,11-14H2,1-4H3,(H2,34,36,37,38);1H. The summed E-state index contributed by atoms with van der Waals surface area (Å²) in [5, 5.41) is 17.4. The summed E-state index contributed by atoms with van der Waals surface area (Å²) in [7, 11) is 0.929. The summed E-state index contributed by atoms with van der Waals surface area (Å²) >= 11 is 3.60. The second kappa shape index (κ2) is 13.2. The van der Waals surface area contributed by atoms with Crippen molar-refractivity contribution >= 4 is 80.4 Å². The first-order valence-electron chi connectivity index (χ1n) is 14.0. The molecule has 1 aliphatic rings. The van der Waals surface area contributed by atoms with E-state index in [0.717, 1.165) is 70.4 Å². The van der Waals surface area contributed by atoms with Crippen molar-refractivity contribution in [2.24, 2.45) is 7.05 Å². The van der Waals surface area contributed by atoms with Crippen molar-refractivity contribution in [1.82, 2.24) is 25.1 Å². The quantitative estimate of drug-likeness (QED) is 0.160. The molecule has 1 aliphatic heterocycles. The van der Waals surface area contributed by atoms with E-state index in [1.165, 1.54) is 0 Å². The molecule has 0 bridgehead atoms. The van der Waals surface area contributed by atoms with Gasteiger partial charge in [0.25, 0.3) is 0 Å². The van der Waals surface area contributed by atoms with Gasteiger partial charge in [-0.2, -0.15) is 10.1 Å². The Balaban J connectivity index is 0.00000384. The number of piperazine rings is 1. The fourth-order valence-electron chi connectivity index (χ4n) is 5.49. The second-order valence-electron chi connectivity index (χ2n) is 10.9. The number of nitrogens with zero attached hydrogens (tertiary/aromatic N) is 5. The minimum Gasteiger partial charge on any atom is -0.494 e. The molecule has 3 N–H and O–H groups in total. The van der Waals surface area contributed by atoms with Crippen molar-refractivity contribution < 1.29 is 9.30 Å². The number of methoxy groups -OCH3 is 1. The minimum absolute atomic E-state index is 0. The number of aromatic nitrogens is 4. The van der Waals surface area contributed by atoms with E-state index in [-0.39, 0.29) is 12.4 Å². The Morgan fingerprint density at radius 1 is 1.02 bits per heavy atom. The number of hydrogen-bond acceptors (Lipinski definition) is 9. The number of ether oxygens (including phenoxy) is 1. The van der Waals surface area contributed by atoms with E-state index in [0.29, 0.717) is 22.0 Å². The number of aryl methyl sites for hydroxylation is 1. The summed E-state index contributed by atoms with van der Waals surface area (Å²) in [6.45, 7) is 7.21. The number of benzene rings is 3. The first-order chi connectivity index (χ1) is 20.7. The van der Waals surface area contributed by atoms with Gasteiger partial charge in [0.05, 0.1) is 29.2 Å². The molecule has 13 heteroatoms. The second-order valence-corrected chi connectivity index (χ2v) is 14.9. The summed E-state index contributed by atoms with van der Waals surface area (Å²) in [6.07, 6.45) is 5.58. The third-order valence-electron chi connectivity index (χ3n) is 7.47. The molecule has 1 saturated heterocycles. The molecule has 0 saturated carbocycles. The van der Waals surface area contributed by atoms with Crippen molar-refractivity contribution in [3.63, 3.8) is 0 Å². The first kappa shape index (κ1) is 31.8. The molecule has 0 atom stereocenters. The lowest BCUT2D eigenvalue weighted by atomic mass is 10.0. The fraction of sp³-hybridized carbons (Fsp3) is 0.258. The molecule has 3 aromatic carbocycles. The lowest BCUT2D eigenvalue weighted by molar-refractivity contribution is 0.416. The molecule has 2 aromatic heterocycles. The van der Waals surface area contributed by atoms with Gasteiger partial charge in [0.15, 0.2) is 0 Å². The number of halogens is 2. The van der Waals surface area contributed by atoms with E-state index in [1.807, 2.05) is 55.8 Å². The molecule has 230 valence electrons. The summed E-state index contributed by atoms with van der Waals surface area (Å²) < 4.78 is 21.8. The summed E-state index contributed by atoms with van der Waals surface area (Å²) in [6, 6.07) is 16.1. The van der Waals surface area contributed by atoms with Crippen LogP contribution in [0.4, 0.5) is 28.8 Å². The zero-order valence-electron chi connectivity index (χ0n) is 25.0. The zero-order valence-corrected chi connectivity index (χ0v) is 28.3. The maximum absolute atomic E-state index is 13.5. The lowest BCUT2D eigenvalue weighted by Gasteiger charge is -2.31. The van der Waals surface area contributed by atoms with E-state index < -0.39 is 7.14 Å². The van der Waals surface area contributed by atoms with Crippen molar-refractivity contribution in [2.45, 2.75) is 0 Å². The molecule has 10 nitrogen and oxygen atoms in total. The van der Waals surface area contributed by atoms with Crippen LogP contribution in [-0.4, -0.2) is 66.4 Å². The Kier molecular flexibility index (Phi) is 9.51. The number of rotatable bonds is 8. The third kappa shape index (κ3) is 6.56. The SMILES string of the molecule is COc1cc(N2CCNCC2)c(-c2cnn(C)c2)cc1Nc1ncc(Br)c(Nc2ccc3ccccc3c2P(C)(C)=O)n1.Cl. The Morgan fingerprint density at radius 3 is 2.50 bits per heavy atom. The molecule has 1 fully saturated rings. The number of fused-ring (bicyclic) bond motifs is 1. The predicted molar refractivity (Wildman–Crippen MR) is 187 cm³/mol. The lowest BCUT2D eigenvalue weighted by Crippen LogP contribution is -2.43. The Labute approximate surface area is 271 Å². The summed E-state index contributed by atoms with van der Waals surface area (Å²) in [5.41, 5.74) is 4.61. The molecule has 5 aromatic rings. The van der Waals surface area contributed by atoms with Gasteiger partial charge in [0.1, 0.15) is 18.7 Å². The molecular weight excluding hydrogens is 663 g/mol. The summed E-state index contributed by atoms with van der Waals surface area (Å²) in [5.74, 6) is 1.61. The van der Waals surface area contributed by atoms with Gasteiger partial charge in [-0.3, -0.25) is 4.68 Å². The zero-order chi connectivity index (χ0) is 30.1. The number of anilines is 5. The van der Waals surface area contributed by atoms with Crippen LogP contribution >= 0.6 is 35.5 Å². The van der Waals surface area contributed by atoms with Crippen LogP contribution in [0.15, 0.2) is 71.6 Å². The van der Waals surface area contributed by atoms with Crippen LogP contribution in [0.25, 0.3) is 21.9 Å². The van der Waals surface area contributed by atoms with Crippen LogP contribution in [0.5, 0.6) is 5.75 Å². The van der Waals surface area contributed by atoms with Gasteiger partial charge < -0.3 is 30.2 Å². The average Bonchev–Trinajstić information content (AvgIpc) is 3.44. The number of nitrogens with one attached hydrogen (secondary N) is 3. The maximum atomic E-state index is 13.5. The summed E-state index contributed by atoms with van der Waals surface area (Å²) in [4.78, 5) is 11.7. The average molecular weight is 698 g/mol. The molecule has 44 heavy (non-hydrogen) atoms. The van der Waals surface area contributed by atoms with Gasteiger partial charge in [0, 0.05) is 73.8 Å². The van der Waals surface area contributed by atoms with Crippen molar-refractivity contribution in [2.75, 3.05) is 62.2 Å². The molecule has 0 unspecified atom stereocenters. The van der Waals surface area contributed by atoms with Crippen molar-refractivity contribution in [1.29, 1.82) is 0 Å². The molecule has 6 rings (SSSR count). The van der Waals surface area contributed by atoms with E-state index in [2.05, 4.69) is 59.0 Å². The van der Waals surface area contributed by atoms with Gasteiger partial charge in [0.2, 0.25) is 5.95 Å². The molecule has 0 amide bonds. The highest BCUT2D eigenvalue weighted by Crippen LogP contribution is 2.43. The monoisotopic (exact) mass is 696 g/mol. The van der Waals surface area contributed by atoms with E-state index in [1.54, 1.807) is 31.3 Å². The van der Waals surface area contributed by atoms with E-state index >= 15 is 0 Å². The predicted octanol–water partition coefficient (Wildman–Crippen LogP) is 6.37. The molecule has 3 heterocycles. The highest BCUT2D eigenvalue weighted by atomic mass is 79.9. The van der Waals surface area contributed by atoms with Crippen LogP contribution in [0.3, 0.4) is 0 Å². The fourth-order valence-corrected chi connectivity index (χ4v) is 7.28. The van der Waals surface area contributed by atoms with Crippen LogP contribution in [0.1, 0.15) is 0 Å². The highest BCUT2D eigenvalue weighted by molar-refractivity contribution is 9.10. The van der Waals surface area contributed by atoms with Crippen molar-refractivity contribution in [3.05, 3.63) is 71.6 Å². The largest absolute Gasteiger partial charge is 0.494 e. The molecule has 0 aliphatic carbocycles. The van der Waals surface area contributed by atoms with Crippen LogP contribution in [0, 0.1) is 0 Å². The van der Waals surface area contributed by atoms with Gasteiger partial charge in [-0.15, -0.1) is 12.4 Å². The Morgan fingerprint density at radius 2 is 1.80 bits per heavy atom. The van der Waals surface area contributed by atoms with Gasteiger partial charge >= 0.3 is 0 Å². The van der Waals surface area contributed by atoms with E-state index in [4.69, 9.17) is 9.72 Å². The first-order valence-corrected chi connectivity index (χ1v) is 17.4. The van der Waals surface area contributed by atoms with Gasteiger partial charge in [-0.1, -0.05) is 30.3 Å². The highest BCUT2D eigenvalue weighted by Gasteiger charge is 2.22. The van der Waals surface area contributed by atoms with Crippen molar-refractivity contribution in [3.8, 4) is 16.9 Å². The van der Waals surface area contributed by atoms with Crippen LogP contribution in [0.2, 0.25) is 0 Å². The minimum atomic E-state index is -2.65.